The summed E-state index contributed by atoms with van der Waals surface area (Å²) < 4.78 is 5.45. The monoisotopic (exact) mass is 415 g/mol. The van der Waals surface area contributed by atoms with Crippen molar-refractivity contribution in [3.8, 4) is 5.75 Å². The van der Waals surface area contributed by atoms with Gasteiger partial charge in [-0.05, 0) is 90.2 Å². The fraction of sp³-hybridized carbons (Fsp3) is 0.464. The van der Waals surface area contributed by atoms with E-state index < -0.39 is 0 Å². The van der Waals surface area contributed by atoms with Gasteiger partial charge in [-0.3, -0.25) is 4.99 Å². The zero-order valence-electron chi connectivity index (χ0n) is 18.6. The number of benzene rings is 2. The summed E-state index contributed by atoms with van der Waals surface area (Å²) in [6.07, 6.45) is 11.2. The summed E-state index contributed by atoms with van der Waals surface area (Å²) in [7, 11) is 1.75. The largest absolute Gasteiger partial charge is 0.497 e. The lowest BCUT2D eigenvalue weighted by molar-refractivity contribution is -0.0254. The molecular weight excluding hydrogens is 382 g/mol. The molecule has 1 N–H and O–H groups in total. The first kappa shape index (κ1) is 20.5. The number of nitrogens with zero attached hydrogens (tertiary/aromatic N) is 1. The van der Waals surface area contributed by atoms with Crippen molar-refractivity contribution in [3.63, 3.8) is 0 Å². The molecule has 0 heterocycles. The van der Waals surface area contributed by atoms with Crippen LogP contribution in [0, 0.1) is 17.3 Å². The number of fused-ring (bicyclic) bond motifs is 5. The highest BCUT2D eigenvalue weighted by Crippen LogP contribution is 2.61. The SMILES string of the molecule is COc1ccc2c(c1)CC[C@@H]1[C@@H]2CC[C@]2(C)[C@@H](O)[C@H](N=C/C=C/c3ccccc3)C[C@@H]12. The number of rotatable bonds is 4. The molecule has 0 aliphatic heterocycles. The van der Waals surface area contributed by atoms with Crippen LogP contribution in [0.1, 0.15) is 55.2 Å². The summed E-state index contributed by atoms with van der Waals surface area (Å²) in [5.74, 6) is 2.76. The van der Waals surface area contributed by atoms with Gasteiger partial charge in [0.25, 0.3) is 0 Å². The van der Waals surface area contributed by atoms with Gasteiger partial charge in [0.2, 0.25) is 0 Å². The van der Waals surface area contributed by atoms with Crippen LogP contribution in [0.3, 0.4) is 0 Å². The van der Waals surface area contributed by atoms with Crippen molar-refractivity contribution in [2.75, 3.05) is 7.11 Å². The molecule has 162 valence electrons. The average Bonchev–Trinajstić information content (AvgIpc) is 3.07. The van der Waals surface area contributed by atoms with Crippen molar-refractivity contribution < 1.29 is 9.84 Å². The molecule has 2 aromatic carbocycles. The molecule has 0 amide bonds. The van der Waals surface area contributed by atoms with E-state index >= 15 is 0 Å². The third-order valence-electron chi connectivity index (χ3n) is 8.36. The second-order valence-corrected chi connectivity index (χ2v) is 9.84. The number of hydrogen-bond acceptors (Lipinski definition) is 3. The highest BCUT2D eigenvalue weighted by Gasteiger charge is 2.57. The van der Waals surface area contributed by atoms with Crippen LogP contribution in [0.25, 0.3) is 6.08 Å². The molecule has 3 heteroatoms. The van der Waals surface area contributed by atoms with Crippen LogP contribution in [-0.4, -0.2) is 30.6 Å². The Morgan fingerprint density at radius 1 is 1.13 bits per heavy atom. The van der Waals surface area contributed by atoms with Crippen LogP contribution in [0.2, 0.25) is 0 Å². The Morgan fingerprint density at radius 3 is 2.77 bits per heavy atom. The summed E-state index contributed by atoms with van der Waals surface area (Å²) in [6, 6.07) is 16.9. The smallest absolute Gasteiger partial charge is 0.119 e. The molecular formula is C28H33NO2. The van der Waals surface area contributed by atoms with E-state index in [-0.39, 0.29) is 17.6 Å². The van der Waals surface area contributed by atoms with Gasteiger partial charge in [0.15, 0.2) is 0 Å². The van der Waals surface area contributed by atoms with Crippen molar-refractivity contribution >= 4 is 12.3 Å². The lowest BCUT2D eigenvalue weighted by Crippen LogP contribution is -2.44. The second kappa shape index (κ2) is 8.27. The molecule has 3 aliphatic carbocycles. The first-order chi connectivity index (χ1) is 15.1. The molecule has 0 aromatic heterocycles. The number of aliphatic imine (C=N–C) groups is 1. The molecule has 2 aromatic rings. The summed E-state index contributed by atoms with van der Waals surface area (Å²) in [6.45, 7) is 2.32. The standard InChI is InChI=1S/C28H33NO2/c1-28-15-14-23-22-13-11-21(31-2)17-20(22)10-12-24(23)25(28)18-26(27(28)30)29-16-6-9-19-7-4-3-5-8-19/h3-9,11,13,16-17,23-27,30H,10,12,14-15,18H2,1-2H3/b9-6+,29-16?/t23-,24-,25+,26-,27+,28+/m1/s1. The van der Waals surface area contributed by atoms with Crippen LogP contribution in [0.4, 0.5) is 0 Å². The first-order valence-electron chi connectivity index (χ1n) is 11.7. The Labute approximate surface area is 185 Å². The van der Waals surface area contributed by atoms with E-state index in [4.69, 9.17) is 9.73 Å². The zero-order valence-corrected chi connectivity index (χ0v) is 18.6. The maximum Gasteiger partial charge on any atom is 0.119 e. The third-order valence-corrected chi connectivity index (χ3v) is 8.36. The van der Waals surface area contributed by atoms with Gasteiger partial charge in [-0.1, -0.05) is 49.4 Å². The number of aliphatic hydroxyl groups excluding tert-OH is 1. The minimum Gasteiger partial charge on any atom is -0.497 e. The molecule has 0 saturated heterocycles. The van der Waals surface area contributed by atoms with Crippen molar-refractivity contribution in [1.82, 2.24) is 0 Å². The van der Waals surface area contributed by atoms with E-state index in [1.54, 1.807) is 7.11 Å². The van der Waals surface area contributed by atoms with Gasteiger partial charge in [-0.15, -0.1) is 0 Å². The third kappa shape index (κ3) is 3.63. The number of methoxy groups -OCH3 is 1. The van der Waals surface area contributed by atoms with E-state index in [9.17, 15) is 5.11 Å². The number of hydrogen-bond donors (Lipinski definition) is 1. The van der Waals surface area contributed by atoms with E-state index in [0.717, 1.165) is 25.0 Å². The van der Waals surface area contributed by atoms with Gasteiger partial charge in [0.1, 0.15) is 5.75 Å². The first-order valence-corrected chi connectivity index (χ1v) is 11.7. The fourth-order valence-electron chi connectivity index (χ4n) is 6.69. The number of allylic oxidation sites excluding steroid dienone is 1. The average molecular weight is 416 g/mol. The Kier molecular flexibility index (Phi) is 5.47. The normalized spacial score (nSPS) is 34.5. The Hall–Kier alpha value is -2.39. The Bertz CT molecular complexity index is 982. The molecule has 0 bridgehead atoms. The topological polar surface area (TPSA) is 41.8 Å². The number of aryl methyl sites for hydroxylation is 1. The maximum absolute atomic E-state index is 11.3. The van der Waals surface area contributed by atoms with Crippen molar-refractivity contribution in [1.29, 1.82) is 0 Å². The highest BCUT2D eigenvalue weighted by molar-refractivity contribution is 5.78. The summed E-state index contributed by atoms with van der Waals surface area (Å²) in [5.41, 5.74) is 4.13. The predicted octanol–water partition coefficient (Wildman–Crippen LogP) is 5.67. The molecule has 5 rings (SSSR count). The predicted molar refractivity (Wildman–Crippen MR) is 127 cm³/mol. The number of aliphatic hydroxyl groups is 1. The molecule has 6 atom stereocenters. The highest BCUT2D eigenvalue weighted by atomic mass is 16.5. The van der Waals surface area contributed by atoms with E-state index in [1.807, 2.05) is 30.5 Å². The van der Waals surface area contributed by atoms with E-state index in [0.29, 0.717) is 17.8 Å². The molecule has 3 aliphatic rings. The van der Waals surface area contributed by atoms with Crippen molar-refractivity contribution in [3.05, 3.63) is 71.3 Å². The van der Waals surface area contributed by atoms with Gasteiger partial charge in [0.05, 0.1) is 19.3 Å². The minimum absolute atomic E-state index is 0.00596. The molecule has 0 radical (unpaired) electrons. The van der Waals surface area contributed by atoms with Crippen LogP contribution >= 0.6 is 0 Å². The molecule has 0 unspecified atom stereocenters. The van der Waals surface area contributed by atoms with E-state index in [2.05, 4.69) is 43.3 Å². The minimum atomic E-state index is -0.350. The van der Waals surface area contributed by atoms with E-state index in [1.165, 1.54) is 29.5 Å². The summed E-state index contributed by atoms with van der Waals surface area (Å²) in [4.78, 5) is 4.81. The summed E-state index contributed by atoms with van der Waals surface area (Å²) in [5, 5.41) is 11.3. The second-order valence-electron chi connectivity index (χ2n) is 9.84. The lowest BCUT2D eigenvalue weighted by Gasteiger charge is -2.50. The zero-order chi connectivity index (χ0) is 21.4. The lowest BCUT2D eigenvalue weighted by atomic mass is 9.55. The van der Waals surface area contributed by atoms with Gasteiger partial charge in [-0.2, -0.15) is 0 Å². The quantitative estimate of drug-likeness (QED) is 0.653. The van der Waals surface area contributed by atoms with Crippen LogP contribution in [-0.2, 0) is 6.42 Å². The molecule has 0 spiro atoms. The molecule has 3 nitrogen and oxygen atoms in total. The van der Waals surface area contributed by atoms with Crippen LogP contribution < -0.4 is 4.74 Å². The molecule has 31 heavy (non-hydrogen) atoms. The van der Waals surface area contributed by atoms with Gasteiger partial charge in [0, 0.05) is 6.21 Å². The Morgan fingerprint density at radius 2 is 1.97 bits per heavy atom. The van der Waals surface area contributed by atoms with Gasteiger partial charge >= 0.3 is 0 Å². The molecule has 2 fully saturated rings. The molecule has 2 saturated carbocycles. The van der Waals surface area contributed by atoms with Crippen molar-refractivity contribution in [2.45, 2.75) is 57.1 Å². The van der Waals surface area contributed by atoms with Crippen LogP contribution in [0.5, 0.6) is 5.75 Å². The fourth-order valence-corrected chi connectivity index (χ4v) is 6.69. The Balaban J connectivity index is 1.33. The number of ether oxygens (including phenoxy) is 1. The van der Waals surface area contributed by atoms with Gasteiger partial charge < -0.3 is 9.84 Å². The van der Waals surface area contributed by atoms with Gasteiger partial charge in [-0.25, -0.2) is 0 Å². The summed E-state index contributed by atoms with van der Waals surface area (Å²) >= 11 is 0. The van der Waals surface area contributed by atoms with Crippen LogP contribution in [0.15, 0.2) is 59.6 Å². The van der Waals surface area contributed by atoms with Crippen molar-refractivity contribution in [2.24, 2.45) is 22.2 Å². The maximum atomic E-state index is 11.3.